The average Bonchev–Trinajstić information content (AvgIpc) is 2.76. The SMILES string of the molecule is Cc1cc(C(=O)Nc2cccc(CCCBr)c2)c(C)o1. The lowest BCUT2D eigenvalue weighted by Crippen LogP contribution is -2.12. The van der Waals surface area contributed by atoms with Crippen molar-refractivity contribution in [3.63, 3.8) is 0 Å². The highest BCUT2D eigenvalue weighted by molar-refractivity contribution is 9.09. The molecule has 0 bridgehead atoms. The van der Waals surface area contributed by atoms with Gasteiger partial charge in [0.05, 0.1) is 5.56 Å². The number of nitrogens with one attached hydrogen (secondary N) is 1. The lowest BCUT2D eigenvalue weighted by atomic mass is 10.1. The van der Waals surface area contributed by atoms with Crippen molar-refractivity contribution in [2.75, 3.05) is 10.6 Å². The first-order valence-corrected chi connectivity index (χ1v) is 7.75. The molecule has 20 heavy (non-hydrogen) atoms. The van der Waals surface area contributed by atoms with Crippen molar-refractivity contribution in [2.24, 2.45) is 0 Å². The lowest BCUT2D eigenvalue weighted by Gasteiger charge is -2.06. The summed E-state index contributed by atoms with van der Waals surface area (Å²) in [5.41, 5.74) is 2.64. The number of amides is 1. The molecule has 1 aromatic heterocycles. The molecule has 0 saturated carbocycles. The number of furan rings is 1. The van der Waals surface area contributed by atoms with E-state index in [2.05, 4.69) is 27.3 Å². The Kier molecular flexibility index (Phi) is 5.01. The van der Waals surface area contributed by atoms with Crippen LogP contribution in [0.15, 0.2) is 34.7 Å². The van der Waals surface area contributed by atoms with E-state index in [1.807, 2.05) is 25.1 Å². The predicted octanol–water partition coefficient (Wildman–Crippen LogP) is 4.48. The third kappa shape index (κ3) is 3.73. The fourth-order valence-corrected chi connectivity index (χ4v) is 2.41. The van der Waals surface area contributed by atoms with Gasteiger partial charge in [-0.25, -0.2) is 0 Å². The van der Waals surface area contributed by atoms with Crippen LogP contribution in [-0.4, -0.2) is 11.2 Å². The van der Waals surface area contributed by atoms with Gasteiger partial charge in [-0.1, -0.05) is 28.1 Å². The number of carbonyl (C=O) groups is 1. The molecule has 0 radical (unpaired) electrons. The van der Waals surface area contributed by atoms with Crippen molar-refractivity contribution in [3.05, 3.63) is 53.0 Å². The molecule has 0 aliphatic rings. The molecule has 0 fully saturated rings. The van der Waals surface area contributed by atoms with Crippen LogP contribution < -0.4 is 5.32 Å². The molecular formula is C16H18BrNO2. The van der Waals surface area contributed by atoms with Crippen molar-refractivity contribution >= 4 is 27.5 Å². The highest BCUT2D eigenvalue weighted by Crippen LogP contribution is 2.17. The van der Waals surface area contributed by atoms with E-state index in [0.717, 1.165) is 29.6 Å². The number of carbonyl (C=O) groups excluding carboxylic acids is 1. The summed E-state index contributed by atoms with van der Waals surface area (Å²) in [6, 6.07) is 9.72. The first kappa shape index (κ1) is 14.9. The van der Waals surface area contributed by atoms with Gasteiger partial charge < -0.3 is 9.73 Å². The molecule has 2 aromatic rings. The molecule has 0 atom stereocenters. The smallest absolute Gasteiger partial charge is 0.259 e. The van der Waals surface area contributed by atoms with Gasteiger partial charge >= 0.3 is 0 Å². The zero-order valence-electron chi connectivity index (χ0n) is 11.7. The minimum absolute atomic E-state index is 0.128. The van der Waals surface area contributed by atoms with Crippen LogP contribution in [0.1, 0.15) is 33.9 Å². The van der Waals surface area contributed by atoms with Gasteiger partial charge in [-0.15, -0.1) is 0 Å². The Morgan fingerprint density at radius 1 is 1.30 bits per heavy atom. The summed E-state index contributed by atoms with van der Waals surface area (Å²) in [5.74, 6) is 1.27. The second-order valence-corrected chi connectivity index (χ2v) is 5.57. The molecule has 0 aliphatic heterocycles. The quantitative estimate of drug-likeness (QED) is 0.818. The Bertz CT molecular complexity index is 604. The predicted molar refractivity (Wildman–Crippen MR) is 84.7 cm³/mol. The number of aryl methyl sites for hydroxylation is 3. The maximum atomic E-state index is 12.2. The summed E-state index contributed by atoms with van der Waals surface area (Å²) in [5, 5.41) is 3.90. The van der Waals surface area contributed by atoms with Gasteiger partial charge in [0.1, 0.15) is 11.5 Å². The van der Waals surface area contributed by atoms with E-state index in [-0.39, 0.29) is 5.91 Å². The number of halogens is 1. The molecule has 0 aliphatic carbocycles. The van der Waals surface area contributed by atoms with Crippen molar-refractivity contribution in [2.45, 2.75) is 26.7 Å². The van der Waals surface area contributed by atoms with E-state index in [1.165, 1.54) is 5.56 Å². The molecule has 0 spiro atoms. The first-order chi connectivity index (χ1) is 9.60. The minimum atomic E-state index is -0.128. The first-order valence-electron chi connectivity index (χ1n) is 6.63. The Morgan fingerprint density at radius 3 is 2.75 bits per heavy atom. The Labute approximate surface area is 127 Å². The number of anilines is 1. The number of alkyl halides is 1. The second kappa shape index (κ2) is 6.75. The van der Waals surface area contributed by atoms with Crippen LogP contribution in [0.2, 0.25) is 0 Å². The summed E-state index contributed by atoms with van der Waals surface area (Å²) in [4.78, 5) is 12.2. The molecule has 2 rings (SSSR count). The largest absolute Gasteiger partial charge is 0.466 e. The topological polar surface area (TPSA) is 42.2 Å². The van der Waals surface area contributed by atoms with Gasteiger partial charge in [-0.2, -0.15) is 0 Å². The van der Waals surface area contributed by atoms with Crippen molar-refractivity contribution in [3.8, 4) is 0 Å². The number of benzene rings is 1. The van der Waals surface area contributed by atoms with E-state index in [4.69, 9.17) is 4.42 Å². The molecule has 4 heteroatoms. The summed E-state index contributed by atoms with van der Waals surface area (Å²) in [6.45, 7) is 3.64. The standard InChI is InChI=1S/C16H18BrNO2/c1-11-9-15(12(2)20-11)16(19)18-14-7-3-5-13(10-14)6-4-8-17/h3,5,7,9-10H,4,6,8H2,1-2H3,(H,18,19). The van der Waals surface area contributed by atoms with Crippen LogP contribution >= 0.6 is 15.9 Å². The molecule has 1 heterocycles. The second-order valence-electron chi connectivity index (χ2n) is 4.77. The average molecular weight is 336 g/mol. The normalized spacial score (nSPS) is 10.6. The van der Waals surface area contributed by atoms with E-state index in [1.54, 1.807) is 13.0 Å². The van der Waals surface area contributed by atoms with Gasteiger partial charge in [0.2, 0.25) is 0 Å². The highest BCUT2D eigenvalue weighted by atomic mass is 79.9. The Morgan fingerprint density at radius 2 is 2.10 bits per heavy atom. The monoisotopic (exact) mass is 335 g/mol. The maximum absolute atomic E-state index is 12.2. The summed E-state index contributed by atoms with van der Waals surface area (Å²) >= 11 is 3.43. The van der Waals surface area contributed by atoms with Crippen LogP contribution in [0.3, 0.4) is 0 Å². The van der Waals surface area contributed by atoms with E-state index in [0.29, 0.717) is 11.3 Å². The van der Waals surface area contributed by atoms with Crippen LogP contribution in [0.5, 0.6) is 0 Å². The Hall–Kier alpha value is -1.55. The maximum Gasteiger partial charge on any atom is 0.259 e. The van der Waals surface area contributed by atoms with Crippen LogP contribution in [-0.2, 0) is 6.42 Å². The fourth-order valence-electron chi connectivity index (χ4n) is 2.13. The number of rotatable bonds is 5. The van der Waals surface area contributed by atoms with Gasteiger partial charge in [-0.3, -0.25) is 4.79 Å². The summed E-state index contributed by atoms with van der Waals surface area (Å²) < 4.78 is 5.38. The highest BCUT2D eigenvalue weighted by Gasteiger charge is 2.13. The van der Waals surface area contributed by atoms with Crippen molar-refractivity contribution in [1.29, 1.82) is 0 Å². The van der Waals surface area contributed by atoms with E-state index >= 15 is 0 Å². The Balaban J connectivity index is 2.09. The molecule has 3 nitrogen and oxygen atoms in total. The summed E-state index contributed by atoms with van der Waals surface area (Å²) in [6.07, 6.45) is 2.08. The lowest BCUT2D eigenvalue weighted by molar-refractivity contribution is 0.102. The van der Waals surface area contributed by atoms with Gasteiger partial charge in [0, 0.05) is 11.0 Å². The molecule has 0 saturated heterocycles. The van der Waals surface area contributed by atoms with Gasteiger partial charge in [-0.05, 0) is 50.5 Å². The zero-order chi connectivity index (χ0) is 14.5. The fraction of sp³-hybridized carbons (Fsp3) is 0.312. The number of hydrogen-bond donors (Lipinski definition) is 1. The van der Waals surface area contributed by atoms with Crippen LogP contribution in [0.25, 0.3) is 0 Å². The third-order valence-corrected chi connectivity index (χ3v) is 3.63. The molecule has 1 amide bonds. The summed E-state index contributed by atoms with van der Waals surface area (Å²) in [7, 11) is 0. The van der Waals surface area contributed by atoms with Crippen molar-refractivity contribution in [1.82, 2.24) is 0 Å². The number of hydrogen-bond acceptors (Lipinski definition) is 2. The van der Waals surface area contributed by atoms with E-state index < -0.39 is 0 Å². The van der Waals surface area contributed by atoms with Gasteiger partial charge in [0.25, 0.3) is 5.91 Å². The van der Waals surface area contributed by atoms with Crippen LogP contribution in [0.4, 0.5) is 5.69 Å². The molecule has 106 valence electrons. The zero-order valence-corrected chi connectivity index (χ0v) is 13.3. The third-order valence-electron chi connectivity index (χ3n) is 3.07. The van der Waals surface area contributed by atoms with Crippen molar-refractivity contribution < 1.29 is 9.21 Å². The van der Waals surface area contributed by atoms with Gasteiger partial charge in [0.15, 0.2) is 0 Å². The van der Waals surface area contributed by atoms with E-state index in [9.17, 15) is 4.79 Å². The van der Waals surface area contributed by atoms with Crippen LogP contribution in [0, 0.1) is 13.8 Å². The molecule has 1 N–H and O–H groups in total. The minimum Gasteiger partial charge on any atom is -0.466 e. The molecule has 1 aromatic carbocycles. The molecular weight excluding hydrogens is 318 g/mol. The molecule has 0 unspecified atom stereocenters.